The van der Waals surface area contributed by atoms with Gasteiger partial charge in [-0.2, -0.15) is 11.8 Å². The fraction of sp³-hybridized carbons (Fsp3) is 0.333. The number of para-hydroxylation sites is 1. The van der Waals surface area contributed by atoms with Gasteiger partial charge in [0.1, 0.15) is 5.75 Å². The Morgan fingerprint density at radius 1 is 1.05 bits per heavy atom. The zero-order valence-corrected chi connectivity index (χ0v) is 13.6. The van der Waals surface area contributed by atoms with Crippen molar-refractivity contribution in [3.63, 3.8) is 0 Å². The van der Waals surface area contributed by atoms with Crippen LogP contribution in [-0.2, 0) is 12.3 Å². The van der Waals surface area contributed by atoms with E-state index in [4.69, 9.17) is 10.5 Å². The number of benzene rings is 2. The van der Waals surface area contributed by atoms with E-state index in [-0.39, 0.29) is 0 Å². The Morgan fingerprint density at radius 2 is 1.76 bits per heavy atom. The number of rotatable bonds is 7. The lowest BCUT2D eigenvalue weighted by Gasteiger charge is -2.10. The molecule has 2 aromatic carbocycles. The summed E-state index contributed by atoms with van der Waals surface area (Å²) in [5, 5.41) is 0. The quantitative estimate of drug-likeness (QED) is 0.783. The maximum Gasteiger partial charge on any atom is 0.123 e. The highest BCUT2D eigenvalue weighted by Crippen LogP contribution is 2.19. The van der Waals surface area contributed by atoms with Crippen molar-refractivity contribution in [1.82, 2.24) is 0 Å². The van der Waals surface area contributed by atoms with Crippen LogP contribution in [0.1, 0.15) is 22.3 Å². The first kappa shape index (κ1) is 15.9. The van der Waals surface area contributed by atoms with Gasteiger partial charge in [-0.25, -0.2) is 0 Å². The molecule has 0 radical (unpaired) electrons. The van der Waals surface area contributed by atoms with Gasteiger partial charge in [-0.1, -0.05) is 47.5 Å². The van der Waals surface area contributed by atoms with Gasteiger partial charge in [0.2, 0.25) is 0 Å². The van der Waals surface area contributed by atoms with E-state index in [1.165, 1.54) is 16.7 Å². The summed E-state index contributed by atoms with van der Waals surface area (Å²) < 4.78 is 5.81. The fourth-order valence-electron chi connectivity index (χ4n) is 2.37. The summed E-state index contributed by atoms with van der Waals surface area (Å²) in [7, 11) is 0. The van der Waals surface area contributed by atoms with E-state index < -0.39 is 0 Å². The van der Waals surface area contributed by atoms with Crippen molar-refractivity contribution < 1.29 is 4.74 Å². The molecule has 0 fully saturated rings. The zero-order chi connectivity index (χ0) is 15.1. The second-order valence-electron chi connectivity index (χ2n) is 5.21. The van der Waals surface area contributed by atoms with Gasteiger partial charge in [0.05, 0.1) is 6.61 Å². The lowest BCUT2D eigenvalue weighted by molar-refractivity contribution is 0.340. The Morgan fingerprint density at radius 3 is 2.48 bits per heavy atom. The third kappa shape index (κ3) is 5.10. The molecule has 0 heterocycles. The highest BCUT2D eigenvalue weighted by Gasteiger charge is 2.01. The molecule has 2 N–H and O–H groups in total. The number of nitrogens with two attached hydrogens (primary N) is 1. The van der Waals surface area contributed by atoms with E-state index in [1.54, 1.807) is 0 Å². The summed E-state index contributed by atoms with van der Waals surface area (Å²) in [6.07, 6.45) is 0. The van der Waals surface area contributed by atoms with Gasteiger partial charge in [-0.3, -0.25) is 0 Å². The SMILES string of the molecule is Cc1cc(C)cc(CSCCOc2ccccc2CN)c1. The Kier molecular flexibility index (Phi) is 6.15. The van der Waals surface area contributed by atoms with E-state index in [0.717, 1.165) is 22.8 Å². The van der Waals surface area contributed by atoms with Gasteiger partial charge in [-0.05, 0) is 25.5 Å². The monoisotopic (exact) mass is 301 g/mol. The van der Waals surface area contributed by atoms with Crippen LogP contribution in [0.15, 0.2) is 42.5 Å². The molecule has 0 bridgehead atoms. The molecule has 0 aromatic heterocycles. The van der Waals surface area contributed by atoms with Crippen molar-refractivity contribution in [2.24, 2.45) is 5.73 Å². The van der Waals surface area contributed by atoms with Crippen LogP contribution in [-0.4, -0.2) is 12.4 Å². The zero-order valence-electron chi connectivity index (χ0n) is 12.8. The lowest BCUT2D eigenvalue weighted by Crippen LogP contribution is -2.05. The third-order valence-electron chi connectivity index (χ3n) is 3.23. The maximum atomic E-state index is 5.81. The Bertz CT molecular complexity index is 563. The molecule has 0 aliphatic rings. The minimum atomic E-state index is 0.520. The topological polar surface area (TPSA) is 35.2 Å². The van der Waals surface area contributed by atoms with Crippen LogP contribution in [0, 0.1) is 13.8 Å². The number of hydrogen-bond donors (Lipinski definition) is 1. The summed E-state index contributed by atoms with van der Waals surface area (Å²) in [5.41, 5.74) is 10.8. The van der Waals surface area contributed by atoms with Crippen LogP contribution in [0.25, 0.3) is 0 Å². The molecule has 0 unspecified atom stereocenters. The third-order valence-corrected chi connectivity index (χ3v) is 4.22. The minimum Gasteiger partial charge on any atom is -0.492 e. The molecule has 2 aromatic rings. The Hall–Kier alpha value is -1.45. The molecule has 0 aliphatic carbocycles. The van der Waals surface area contributed by atoms with Crippen LogP contribution in [0.5, 0.6) is 5.75 Å². The van der Waals surface area contributed by atoms with Gasteiger partial charge in [0.15, 0.2) is 0 Å². The molecule has 3 heteroatoms. The number of thioether (sulfide) groups is 1. The smallest absolute Gasteiger partial charge is 0.123 e. The average molecular weight is 301 g/mol. The molecule has 2 rings (SSSR count). The molecule has 0 atom stereocenters. The minimum absolute atomic E-state index is 0.520. The van der Waals surface area contributed by atoms with Crippen molar-refractivity contribution in [1.29, 1.82) is 0 Å². The number of ether oxygens (including phenoxy) is 1. The molecule has 21 heavy (non-hydrogen) atoms. The first-order valence-corrected chi connectivity index (χ1v) is 8.40. The molecular weight excluding hydrogens is 278 g/mol. The molecule has 2 nitrogen and oxygen atoms in total. The van der Waals surface area contributed by atoms with Gasteiger partial charge >= 0.3 is 0 Å². The summed E-state index contributed by atoms with van der Waals surface area (Å²) in [4.78, 5) is 0. The molecular formula is C18H23NOS. The van der Waals surface area contributed by atoms with Gasteiger partial charge in [-0.15, -0.1) is 0 Å². The van der Waals surface area contributed by atoms with E-state index in [9.17, 15) is 0 Å². The first-order valence-electron chi connectivity index (χ1n) is 7.24. The van der Waals surface area contributed by atoms with E-state index in [2.05, 4.69) is 32.0 Å². The number of aryl methyl sites for hydroxylation is 2. The molecule has 0 saturated carbocycles. The molecule has 0 saturated heterocycles. The molecule has 0 amide bonds. The van der Waals surface area contributed by atoms with Crippen molar-refractivity contribution in [2.45, 2.75) is 26.1 Å². The highest BCUT2D eigenvalue weighted by atomic mass is 32.2. The van der Waals surface area contributed by atoms with Gasteiger partial charge in [0.25, 0.3) is 0 Å². The van der Waals surface area contributed by atoms with Crippen LogP contribution >= 0.6 is 11.8 Å². The average Bonchev–Trinajstić information content (AvgIpc) is 2.46. The summed E-state index contributed by atoms with van der Waals surface area (Å²) in [5.74, 6) is 2.92. The van der Waals surface area contributed by atoms with Crippen LogP contribution < -0.4 is 10.5 Å². The van der Waals surface area contributed by atoms with E-state index in [1.807, 2.05) is 36.0 Å². The Balaban J connectivity index is 1.75. The normalized spacial score (nSPS) is 10.6. The standard InChI is InChI=1S/C18H23NOS/c1-14-9-15(2)11-16(10-14)13-21-8-7-20-18-6-4-3-5-17(18)12-19/h3-6,9-11H,7-8,12-13,19H2,1-2H3. The van der Waals surface area contributed by atoms with Gasteiger partial charge < -0.3 is 10.5 Å². The molecule has 0 aliphatic heterocycles. The van der Waals surface area contributed by atoms with Crippen LogP contribution in [0.3, 0.4) is 0 Å². The number of hydrogen-bond acceptors (Lipinski definition) is 3. The predicted octanol–water partition coefficient (Wildman–Crippen LogP) is 4.07. The van der Waals surface area contributed by atoms with Crippen molar-refractivity contribution >= 4 is 11.8 Å². The Labute approximate surface area is 131 Å². The highest BCUT2D eigenvalue weighted by molar-refractivity contribution is 7.98. The van der Waals surface area contributed by atoms with Crippen LogP contribution in [0.4, 0.5) is 0 Å². The van der Waals surface area contributed by atoms with Crippen molar-refractivity contribution in [3.8, 4) is 5.75 Å². The molecule has 0 spiro atoms. The van der Waals surface area contributed by atoms with Crippen molar-refractivity contribution in [2.75, 3.05) is 12.4 Å². The summed E-state index contributed by atoms with van der Waals surface area (Å²) >= 11 is 1.90. The van der Waals surface area contributed by atoms with E-state index >= 15 is 0 Å². The second-order valence-corrected chi connectivity index (χ2v) is 6.31. The maximum absolute atomic E-state index is 5.81. The largest absolute Gasteiger partial charge is 0.492 e. The summed E-state index contributed by atoms with van der Waals surface area (Å²) in [6.45, 7) is 5.53. The predicted molar refractivity (Wildman–Crippen MR) is 91.9 cm³/mol. The van der Waals surface area contributed by atoms with Crippen LogP contribution in [0.2, 0.25) is 0 Å². The first-order chi connectivity index (χ1) is 10.2. The van der Waals surface area contributed by atoms with Gasteiger partial charge in [0, 0.05) is 23.6 Å². The van der Waals surface area contributed by atoms with E-state index in [0.29, 0.717) is 13.2 Å². The van der Waals surface area contributed by atoms with Crippen molar-refractivity contribution in [3.05, 3.63) is 64.7 Å². The fourth-order valence-corrected chi connectivity index (χ4v) is 3.11. The summed E-state index contributed by atoms with van der Waals surface area (Å²) in [6, 6.07) is 14.7. The molecule has 112 valence electrons. The second kappa shape index (κ2) is 8.11. The lowest BCUT2D eigenvalue weighted by atomic mass is 10.1.